The van der Waals surface area contributed by atoms with Gasteiger partial charge in [0, 0.05) is 12.6 Å². The average molecular weight is 312 g/mol. The van der Waals surface area contributed by atoms with Gasteiger partial charge >= 0.3 is 11.6 Å². The molecule has 2 aromatic rings. The molecule has 0 spiro atoms. The molecule has 0 saturated heterocycles. The Morgan fingerprint density at radius 3 is 2.39 bits per heavy atom. The van der Waals surface area contributed by atoms with Gasteiger partial charge < -0.3 is 10.1 Å². The lowest BCUT2D eigenvalue weighted by Crippen LogP contribution is -2.27. The predicted molar refractivity (Wildman–Crippen MR) is 86.3 cm³/mol. The summed E-state index contributed by atoms with van der Waals surface area (Å²) in [6.07, 6.45) is 1.24. The molecule has 2 rings (SSSR count). The van der Waals surface area contributed by atoms with Crippen LogP contribution in [-0.2, 0) is 11.3 Å². The highest BCUT2D eigenvalue weighted by Gasteiger charge is 2.21. The Balaban J connectivity index is 2.11. The van der Waals surface area contributed by atoms with Gasteiger partial charge in [0.2, 0.25) is 0 Å². The van der Waals surface area contributed by atoms with E-state index in [-0.39, 0.29) is 6.54 Å². The molecule has 2 aromatic carbocycles. The first-order valence-corrected chi connectivity index (χ1v) is 6.92. The fourth-order valence-corrected chi connectivity index (χ4v) is 1.93. The number of hydrogen-bond donors (Lipinski definition) is 1. The standard InChI is InChI=1S/C17H16N2O4/c1-23-15-9-7-13(8-10-15)11-16(19(21)22)17(20)18-12-14-5-3-2-4-6-14/h2-11H,12H2,1H3,(H,18,20)/b16-11-. The highest BCUT2D eigenvalue weighted by molar-refractivity contribution is 5.95. The Hall–Kier alpha value is -3.15. The van der Waals surface area contributed by atoms with Crippen molar-refractivity contribution in [1.82, 2.24) is 5.32 Å². The largest absolute Gasteiger partial charge is 0.497 e. The van der Waals surface area contributed by atoms with Crippen LogP contribution in [0.2, 0.25) is 0 Å². The van der Waals surface area contributed by atoms with E-state index in [0.717, 1.165) is 5.56 Å². The quantitative estimate of drug-likeness (QED) is 0.505. The van der Waals surface area contributed by atoms with Crippen molar-refractivity contribution in [2.75, 3.05) is 7.11 Å². The number of nitrogens with one attached hydrogen (secondary N) is 1. The minimum absolute atomic E-state index is 0.230. The zero-order valence-corrected chi connectivity index (χ0v) is 12.6. The van der Waals surface area contributed by atoms with E-state index in [1.54, 1.807) is 24.3 Å². The van der Waals surface area contributed by atoms with Crippen LogP contribution in [0, 0.1) is 10.1 Å². The van der Waals surface area contributed by atoms with Crippen LogP contribution in [0.5, 0.6) is 5.75 Å². The van der Waals surface area contributed by atoms with Crippen LogP contribution in [0.4, 0.5) is 0 Å². The third-order valence-electron chi connectivity index (χ3n) is 3.14. The van der Waals surface area contributed by atoms with Gasteiger partial charge in [-0.2, -0.15) is 0 Å². The molecule has 1 N–H and O–H groups in total. The number of ether oxygens (including phenoxy) is 1. The number of methoxy groups -OCH3 is 1. The second-order valence-corrected chi connectivity index (χ2v) is 4.73. The Labute approximate surface area is 133 Å². The van der Waals surface area contributed by atoms with E-state index in [0.29, 0.717) is 11.3 Å². The van der Waals surface area contributed by atoms with E-state index in [1.807, 2.05) is 30.3 Å². The molecule has 118 valence electrons. The fourth-order valence-electron chi connectivity index (χ4n) is 1.93. The van der Waals surface area contributed by atoms with Gasteiger partial charge in [-0.25, -0.2) is 0 Å². The van der Waals surface area contributed by atoms with E-state index < -0.39 is 16.5 Å². The van der Waals surface area contributed by atoms with Crippen molar-refractivity contribution in [3.8, 4) is 5.75 Å². The molecule has 0 atom stereocenters. The van der Waals surface area contributed by atoms with Crippen LogP contribution in [0.1, 0.15) is 11.1 Å². The van der Waals surface area contributed by atoms with Crippen molar-refractivity contribution < 1.29 is 14.5 Å². The van der Waals surface area contributed by atoms with Gasteiger partial charge in [0.1, 0.15) is 5.75 Å². The highest BCUT2D eigenvalue weighted by atomic mass is 16.6. The maximum Gasteiger partial charge on any atom is 0.334 e. The molecule has 0 aliphatic carbocycles. The summed E-state index contributed by atoms with van der Waals surface area (Å²) in [6, 6.07) is 15.8. The Bertz CT molecular complexity index is 709. The monoisotopic (exact) mass is 312 g/mol. The van der Waals surface area contributed by atoms with Gasteiger partial charge in [0.15, 0.2) is 0 Å². The number of nitrogens with zero attached hydrogens (tertiary/aromatic N) is 1. The second kappa shape index (κ2) is 7.74. The molecule has 0 unspecified atom stereocenters. The van der Waals surface area contributed by atoms with Gasteiger partial charge in [0.25, 0.3) is 0 Å². The number of carbonyl (C=O) groups excluding carboxylic acids is 1. The average Bonchev–Trinajstić information content (AvgIpc) is 2.58. The molecule has 0 fully saturated rings. The molecule has 1 amide bonds. The van der Waals surface area contributed by atoms with Gasteiger partial charge in [-0.3, -0.25) is 14.9 Å². The normalized spacial score (nSPS) is 10.9. The van der Waals surface area contributed by atoms with E-state index >= 15 is 0 Å². The lowest BCUT2D eigenvalue weighted by Gasteiger charge is -2.04. The molecule has 0 saturated carbocycles. The number of carbonyl (C=O) groups is 1. The number of benzene rings is 2. The summed E-state index contributed by atoms with van der Waals surface area (Å²) in [5, 5.41) is 13.7. The first-order chi connectivity index (χ1) is 11.1. The molecule has 0 bridgehead atoms. The summed E-state index contributed by atoms with van der Waals surface area (Å²) < 4.78 is 5.02. The van der Waals surface area contributed by atoms with Crippen LogP contribution >= 0.6 is 0 Å². The van der Waals surface area contributed by atoms with Gasteiger partial charge in [0.05, 0.1) is 12.0 Å². The molecular formula is C17H16N2O4. The summed E-state index contributed by atoms with van der Waals surface area (Å²) in [7, 11) is 1.53. The number of rotatable bonds is 6. The van der Waals surface area contributed by atoms with Crippen LogP contribution in [0.15, 0.2) is 60.3 Å². The first kappa shape index (κ1) is 16.2. The van der Waals surface area contributed by atoms with E-state index in [9.17, 15) is 14.9 Å². The van der Waals surface area contributed by atoms with Gasteiger partial charge in [-0.05, 0) is 23.3 Å². The number of hydrogen-bond acceptors (Lipinski definition) is 4. The van der Waals surface area contributed by atoms with Crippen LogP contribution in [0.3, 0.4) is 0 Å². The molecule has 0 aliphatic rings. The van der Waals surface area contributed by atoms with Crippen LogP contribution in [-0.4, -0.2) is 17.9 Å². The minimum Gasteiger partial charge on any atom is -0.497 e. The lowest BCUT2D eigenvalue weighted by atomic mass is 10.1. The molecule has 6 heteroatoms. The van der Waals surface area contributed by atoms with Crippen molar-refractivity contribution in [3.63, 3.8) is 0 Å². The third-order valence-corrected chi connectivity index (χ3v) is 3.14. The predicted octanol–water partition coefficient (Wildman–Crippen LogP) is 2.63. The maximum absolute atomic E-state index is 12.0. The lowest BCUT2D eigenvalue weighted by molar-refractivity contribution is -0.417. The Morgan fingerprint density at radius 2 is 1.83 bits per heavy atom. The first-order valence-electron chi connectivity index (χ1n) is 6.92. The van der Waals surface area contributed by atoms with Crippen molar-refractivity contribution >= 4 is 12.0 Å². The number of nitro groups is 1. The smallest absolute Gasteiger partial charge is 0.334 e. The summed E-state index contributed by atoms with van der Waals surface area (Å²) in [4.78, 5) is 22.5. The molecule has 0 radical (unpaired) electrons. The second-order valence-electron chi connectivity index (χ2n) is 4.73. The fraction of sp³-hybridized carbons (Fsp3) is 0.118. The zero-order chi connectivity index (χ0) is 16.7. The Kier molecular flexibility index (Phi) is 5.46. The molecule has 0 aliphatic heterocycles. The molecule has 0 aromatic heterocycles. The topological polar surface area (TPSA) is 81.5 Å². The van der Waals surface area contributed by atoms with Crippen molar-refractivity contribution in [1.29, 1.82) is 0 Å². The molecule has 0 heterocycles. The van der Waals surface area contributed by atoms with Crippen LogP contribution in [0.25, 0.3) is 6.08 Å². The molecule has 23 heavy (non-hydrogen) atoms. The van der Waals surface area contributed by atoms with Crippen molar-refractivity contribution in [2.24, 2.45) is 0 Å². The van der Waals surface area contributed by atoms with Crippen molar-refractivity contribution in [2.45, 2.75) is 6.54 Å². The highest BCUT2D eigenvalue weighted by Crippen LogP contribution is 2.14. The third kappa shape index (κ3) is 4.67. The van der Waals surface area contributed by atoms with Gasteiger partial charge in [-0.15, -0.1) is 0 Å². The minimum atomic E-state index is -0.727. The zero-order valence-electron chi connectivity index (χ0n) is 12.6. The Morgan fingerprint density at radius 1 is 1.17 bits per heavy atom. The molecular weight excluding hydrogens is 296 g/mol. The maximum atomic E-state index is 12.0. The molecule has 6 nitrogen and oxygen atoms in total. The summed E-state index contributed by atoms with van der Waals surface area (Å²) in [5.41, 5.74) is 0.909. The number of amides is 1. The van der Waals surface area contributed by atoms with E-state index in [4.69, 9.17) is 4.74 Å². The summed E-state index contributed by atoms with van der Waals surface area (Å²) >= 11 is 0. The summed E-state index contributed by atoms with van der Waals surface area (Å²) in [5.74, 6) is -0.0898. The van der Waals surface area contributed by atoms with Crippen molar-refractivity contribution in [3.05, 3.63) is 81.5 Å². The van der Waals surface area contributed by atoms with E-state index in [2.05, 4.69) is 5.32 Å². The summed E-state index contributed by atoms with van der Waals surface area (Å²) in [6.45, 7) is 0.230. The van der Waals surface area contributed by atoms with Gasteiger partial charge in [-0.1, -0.05) is 42.5 Å². The van der Waals surface area contributed by atoms with Crippen LogP contribution < -0.4 is 10.1 Å². The SMILES string of the molecule is COc1ccc(/C=C(/C(=O)NCc2ccccc2)[N+](=O)[O-])cc1. The van der Waals surface area contributed by atoms with E-state index in [1.165, 1.54) is 13.2 Å².